The molecule has 5 rings (SSSR count). The summed E-state index contributed by atoms with van der Waals surface area (Å²) in [5, 5.41) is 1.50. The standard InChI is InChI=1S/C24H27NS.ClH/c1-3-16-10-12-20-19(14-16)22(17-7-5-4-6-8-17)23-18-11-9-15(2)13-21(18)26-24(23)25-20;/h4-8,15-16H,3,9-14H2,1-2H3;1H. The Morgan fingerprint density at radius 1 is 1.04 bits per heavy atom. The summed E-state index contributed by atoms with van der Waals surface area (Å²) < 4.78 is 0. The van der Waals surface area contributed by atoms with E-state index in [1.54, 1.807) is 16.0 Å². The fourth-order valence-electron chi connectivity index (χ4n) is 4.99. The van der Waals surface area contributed by atoms with E-state index < -0.39 is 0 Å². The van der Waals surface area contributed by atoms with Gasteiger partial charge in [0.1, 0.15) is 4.83 Å². The summed E-state index contributed by atoms with van der Waals surface area (Å²) in [5.41, 5.74) is 7.48. The maximum Gasteiger partial charge on any atom is 0.124 e. The molecule has 0 spiro atoms. The van der Waals surface area contributed by atoms with Gasteiger partial charge in [0.05, 0.1) is 0 Å². The Morgan fingerprint density at radius 3 is 2.63 bits per heavy atom. The summed E-state index contributed by atoms with van der Waals surface area (Å²) in [5.74, 6) is 1.63. The Bertz CT molecular complexity index is 960. The van der Waals surface area contributed by atoms with E-state index >= 15 is 0 Å². The normalized spacial score (nSPS) is 21.4. The summed E-state index contributed by atoms with van der Waals surface area (Å²) in [6, 6.07) is 11.1. The second kappa shape index (κ2) is 7.56. The second-order valence-electron chi connectivity index (χ2n) is 8.33. The molecule has 0 N–H and O–H groups in total. The molecule has 2 atom stereocenters. The lowest BCUT2D eigenvalue weighted by Gasteiger charge is -2.26. The SMILES string of the molecule is CCC1CCc2nc3sc4c(c3c(-c3ccccc3)c2C1)CCC(C)C4.Cl. The molecule has 2 aliphatic carbocycles. The van der Waals surface area contributed by atoms with Crippen LogP contribution < -0.4 is 0 Å². The van der Waals surface area contributed by atoms with Gasteiger partial charge in [-0.05, 0) is 72.6 Å². The third-order valence-corrected chi connectivity index (χ3v) is 7.70. The minimum Gasteiger partial charge on any atom is -0.242 e. The van der Waals surface area contributed by atoms with Crippen LogP contribution in [-0.2, 0) is 25.7 Å². The van der Waals surface area contributed by atoms with Gasteiger partial charge in [0, 0.05) is 16.0 Å². The number of benzene rings is 1. The quantitative estimate of drug-likeness (QED) is 0.452. The lowest BCUT2D eigenvalue weighted by Crippen LogP contribution is -2.16. The molecular weight excluding hydrogens is 370 g/mol. The molecule has 2 aliphatic rings. The fourth-order valence-corrected chi connectivity index (χ4v) is 6.40. The first-order valence-corrected chi connectivity index (χ1v) is 11.1. The summed E-state index contributed by atoms with van der Waals surface area (Å²) in [6.07, 6.45) is 8.74. The zero-order valence-electron chi connectivity index (χ0n) is 16.3. The smallest absolute Gasteiger partial charge is 0.124 e. The van der Waals surface area contributed by atoms with Crippen molar-refractivity contribution in [2.45, 2.75) is 58.8 Å². The largest absolute Gasteiger partial charge is 0.242 e. The summed E-state index contributed by atoms with van der Waals surface area (Å²) in [7, 11) is 0. The van der Waals surface area contributed by atoms with Gasteiger partial charge < -0.3 is 0 Å². The molecule has 0 fully saturated rings. The van der Waals surface area contributed by atoms with E-state index in [0.717, 1.165) is 18.3 Å². The fraction of sp³-hybridized carbons (Fsp3) is 0.458. The lowest BCUT2D eigenvalue weighted by molar-refractivity contribution is 0.441. The van der Waals surface area contributed by atoms with Gasteiger partial charge >= 0.3 is 0 Å². The van der Waals surface area contributed by atoms with Gasteiger partial charge in [-0.2, -0.15) is 0 Å². The molecular formula is C24H28ClNS. The Morgan fingerprint density at radius 2 is 1.85 bits per heavy atom. The number of hydrogen-bond acceptors (Lipinski definition) is 2. The van der Waals surface area contributed by atoms with Gasteiger partial charge in [-0.25, -0.2) is 4.98 Å². The van der Waals surface area contributed by atoms with Crippen LogP contribution in [-0.4, -0.2) is 4.98 Å². The van der Waals surface area contributed by atoms with Crippen molar-refractivity contribution >= 4 is 34.0 Å². The molecule has 0 bridgehead atoms. The number of hydrogen-bond donors (Lipinski definition) is 0. The van der Waals surface area contributed by atoms with E-state index in [9.17, 15) is 0 Å². The van der Waals surface area contributed by atoms with Crippen molar-refractivity contribution < 1.29 is 0 Å². The van der Waals surface area contributed by atoms with Crippen LogP contribution in [0.1, 0.15) is 54.8 Å². The van der Waals surface area contributed by atoms with Crippen molar-refractivity contribution in [3.05, 3.63) is 52.0 Å². The number of halogens is 1. The van der Waals surface area contributed by atoms with Crippen LogP contribution in [0.5, 0.6) is 0 Å². The molecule has 3 heteroatoms. The van der Waals surface area contributed by atoms with Gasteiger partial charge in [0.15, 0.2) is 0 Å². The topological polar surface area (TPSA) is 12.9 Å². The monoisotopic (exact) mass is 397 g/mol. The van der Waals surface area contributed by atoms with E-state index in [4.69, 9.17) is 4.98 Å². The maximum absolute atomic E-state index is 5.22. The van der Waals surface area contributed by atoms with Crippen molar-refractivity contribution in [2.75, 3.05) is 0 Å². The molecule has 0 aliphatic heterocycles. The Hall–Kier alpha value is -1.38. The van der Waals surface area contributed by atoms with Gasteiger partial charge in [0.25, 0.3) is 0 Å². The van der Waals surface area contributed by atoms with Gasteiger partial charge in [-0.1, -0.05) is 50.6 Å². The molecule has 142 valence electrons. The van der Waals surface area contributed by atoms with Crippen LogP contribution in [0.2, 0.25) is 0 Å². The van der Waals surface area contributed by atoms with Crippen LogP contribution in [0.25, 0.3) is 21.3 Å². The van der Waals surface area contributed by atoms with Crippen molar-refractivity contribution in [2.24, 2.45) is 11.8 Å². The summed E-state index contributed by atoms with van der Waals surface area (Å²) >= 11 is 1.98. The van der Waals surface area contributed by atoms with Crippen LogP contribution in [0, 0.1) is 11.8 Å². The third-order valence-electron chi connectivity index (χ3n) is 6.55. The van der Waals surface area contributed by atoms with Crippen LogP contribution in [0.4, 0.5) is 0 Å². The predicted octanol–water partition coefficient (Wildman–Crippen LogP) is 7.02. The summed E-state index contributed by atoms with van der Waals surface area (Å²) in [4.78, 5) is 8.13. The Labute approximate surface area is 172 Å². The zero-order chi connectivity index (χ0) is 17.7. The van der Waals surface area contributed by atoms with Crippen molar-refractivity contribution in [3.8, 4) is 11.1 Å². The molecule has 0 amide bonds. The molecule has 1 aromatic carbocycles. The highest BCUT2D eigenvalue weighted by Crippen LogP contribution is 2.45. The first-order chi connectivity index (χ1) is 12.7. The number of pyridine rings is 1. The average molecular weight is 398 g/mol. The average Bonchev–Trinajstić information content (AvgIpc) is 3.03. The van der Waals surface area contributed by atoms with Gasteiger partial charge in [-0.3, -0.25) is 0 Å². The first-order valence-electron chi connectivity index (χ1n) is 10.3. The number of aromatic nitrogens is 1. The molecule has 1 nitrogen and oxygen atoms in total. The summed E-state index contributed by atoms with van der Waals surface area (Å²) in [6.45, 7) is 4.74. The van der Waals surface area contributed by atoms with Crippen LogP contribution in [0.3, 0.4) is 0 Å². The lowest BCUT2D eigenvalue weighted by atomic mass is 9.79. The Balaban J connectivity index is 0.00000180. The molecule has 3 aromatic rings. The molecule has 2 heterocycles. The van der Waals surface area contributed by atoms with E-state index in [1.165, 1.54) is 65.6 Å². The van der Waals surface area contributed by atoms with Crippen molar-refractivity contribution in [1.82, 2.24) is 4.98 Å². The van der Waals surface area contributed by atoms with E-state index in [1.807, 2.05) is 11.3 Å². The number of aryl methyl sites for hydroxylation is 2. The number of nitrogens with zero attached hydrogens (tertiary/aromatic N) is 1. The first kappa shape index (κ1) is 19.0. The molecule has 2 aromatic heterocycles. The predicted molar refractivity (Wildman–Crippen MR) is 119 cm³/mol. The molecule has 0 saturated heterocycles. The number of rotatable bonds is 2. The molecule has 2 unspecified atom stereocenters. The van der Waals surface area contributed by atoms with E-state index in [2.05, 4.69) is 44.2 Å². The molecule has 27 heavy (non-hydrogen) atoms. The Kier molecular flexibility index (Phi) is 5.31. The van der Waals surface area contributed by atoms with Gasteiger partial charge in [0.2, 0.25) is 0 Å². The van der Waals surface area contributed by atoms with E-state index in [-0.39, 0.29) is 12.4 Å². The highest BCUT2D eigenvalue weighted by molar-refractivity contribution is 7.19. The highest BCUT2D eigenvalue weighted by atomic mass is 35.5. The van der Waals surface area contributed by atoms with Crippen LogP contribution in [0.15, 0.2) is 30.3 Å². The second-order valence-corrected chi connectivity index (χ2v) is 9.41. The molecule has 0 saturated carbocycles. The third kappa shape index (κ3) is 3.21. The minimum atomic E-state index is 0. The number of fused-ring (bicyclic) bond motifs is 4. The maximum atomic E-state index is 5.22. The molecule has 0 radical (unpaired) electrons. The highest BCUT2D eigenvalue weighted by Gasteiger charge is 2.28. The number of thiophene rings is 1. The minimum absolute atomic E-state index is 0. The zero-order valence-corrected chi connectivity index (χ0v) is 17.9. The van der Waals surface area contributed by atoms with E-state index in [0.29, 0.717) is 0 Å². The van der Waals surface area contributed by atoms with Crippen molar-refractivity contribution in [1.29, 1.82) is 0 Å². The van der Waals surface area contributed by atoms with Crippen molar-refractivity contribution in [3.63, 3.8) is 0 Å². The van der Waals surface area contributed by atoms with Gasteiger partial charge in [-0.15, -0.1) is 23.7 Å². The van der Waals surface area contributed by atoms with Crippen LogP contribution >= 0.6 is 23.7 Å².